The van der Waals surface area contributed by atoms with Crippen molar-refractivity contribution in [2.75, 3.05) is 37.6 Å². The number of amides is 2. The number of nitrogens with zero attached hydrogens (tertiary/aromatic N) is 2. The number of ether oxygens (including phenoxy) is 3. The van der Waals surface area contributed by atoms with Crippen molar-refractivity contribution in [3.05, 3.63) is 83.7 Å². The molecule has 11 heteroatoms. The molecule has 1 saturated heterocycles. The molecule has 1 aliphatic heterocycles. The smallest absolute Gasteiger partial charge is 0.338 e. The summed E-state index contributed by atoms with van der Waals surface area (Å²) in [6, 6.07) is 16.4. The Balaban J connectivity index is 1.53. The zero-order valence-electron chi connectivity index (χ0n) is 22.9. The number of nitrogens with one attached hydrogen (secondary N) is 1. The number of halogens is 1. The normalized spacial score (nSPS) is 14.7. The van der Waals surface area contributed by atoms with Crippen LogP contribution in [0.3, 0.4) is 0 Å². The number of anilines is 2. The minimum atomic E-state index is -0.883. The van der Waals surface area contributed by atoms with E-state index in [1.165, 1.54) is 29.2 Å². The van der Waals surface area contributed by atoms with Gasteiger partial charge in [-0.25, -0.2) is 9.18 Å². The van der Waals surface area contributed by atoms with Gasteiger partial charge in [0, 0.05) is 12.2 Å². The highest BCUT2D eigenvalue weighted by Gasteiger charge is 2.44. The molecule has 1 N–H and O–H groups in total. The summed E-state index contributed by atoms with van der Waals surface area (Å²) in [5.74, 6) is -0.532. The molecule has 0 spiro atoms. The number of hydrogen-bond acceptors (Lipinski definition) is 7. The standard InChI is InChI=1S/C30H30FN3O6S/c1-4-40-29(37)20-6-10-22(11-7-20)32-27(35)18-24-28(36)34(23-12-8-21(31)9-13-23)30(41)33(24)16-15-19-5-14-25(38-2)26(17-19)39-3/h5-14,17,24H,4,15-16,18H2,1-3H3,(H,32,35)/t24-/m1/s1. The van der Waals surface area contributed by atoms with E-state index in [0.717, 1.165) is 5.56 Å². The first-order chi connectivity index (χ1) is 19.7. The molecule has 41 heavy (non-hydrogen) atoms. The summed E-state index contributed by atoms with van der Waals surface area (Å²) in [5, 5.41) is 3.00. The fourth-order valence-electron chi connectivity index (χ4n) is 4.49. The highest BCUT2D eigenvalue weighted by molar-refractivity contribution is 7.80. The molecule has 0 aromatic heterocycles. The number of carbonyl (C=O) groups is 3. The molecular weight excluding hydrogens is 549 g/mol. The van der Waals surface area contributed by atoms with E-state index in [1.54, 1.807) is 56.4 Å². The van der Waals surface area contributed by atoms with Gasteiger partial charge in [0.25, 0.3) is 5.91 Å². The predicted octanol–water partition coefficient (Wildman–Crippen LogP) is 4.59. The van der Waals surface area contributed by atoms with Crippen LogP contribution in [0, 0.1) is 5.82 Å². The second kappa shape index (κ2) is 13.2. The van der Waals surface area contributed by atoms with Crippen molar-refractivity contribution in [3.63, 3.8) is 0 Å². The van der Waals surface area contributed by atoms with E-state index in [4.69, 9.17) is 26.4 Å². The number of methoxy groups -OCH3 is 2. The Morgan fingerprint density at radius 3 is 2.29 bits per heavy atom. The largest absolute Gasteiger partial charge is 0.493 e. The third-order valence-corrected chi connectivity index (χ3v) is 6.97. The monoisotopic (exact) mass is 579 g/mol. The van der Waals surface area contributed by atoms with E-state index in [0.29, 0.717) is 41.4 Å². The van der Waals surface area contributed by atoms with Gasteiger partial charge < -0.3 is 24.4 Å². The van der Waals surface area contributed by atoms with E-state index in [9.17, 15) is 18.8 Å². The lowest BCUT2D eigenvalue weighted by atomic mass is 10.1. The molecule has 2 amide bonds. The summed E-state index contributed by atoms with van der Waals surface area (Å²) in [6.45, 7) is 2.31. The number of rotatable bonds is 11. The molecular formula is C30H30FN3O6S. The number of carbonyl (C=O) groups excluding carboxylic acids is 3. The molecule has 9 nitrogen and oxygen atoms in total. The predicted molar refractivity (Wildman–Crippen MR) is 156 cm³/mol. The molecule has 1 aliphatic rings. The molecule has 3 aromatic carbocycles. The van der Waals surface area contributed by atoms with Crippen LogP contribution in [0.5, 0.6) is 11.5 Å². The fraction of sp³-hybridized carbons (Fsp3) is 0.267. The van der Waals surface area contributed by atoms with E-state index in [2.05, 4.69) is 5.32 Å². The highest BCUT2D eigenvalue weighted by atomic mass is 32.1. The maximum atomic E-state index is 13.6. The van der Waals surface area contributed by atoms with Crippen LogP contribution in [0.2, 0.25) is 0 Å². The Labute approximate surface area is 242 Å². The van der Waals surface area contributed by atoms with Crippen molar-refractivity contribution in [2.45, 2.75) is 25.8 Å². The Morgan fingerprint density at radius 1 is 0.976 bits per heavy atom. The van der Waals surface area contributed by atoms with Gasteiger partial charge in [0.05, 0.1) is 38.5 Å². The molecule has 1 atom stereocenters. The average Bonchev–Trinajstić information content (AvgIpc) is 3.20. The number of esters is 1. The third-order valence-electron chi connectivity index (χ3n) is 6.55. The van der Waals surface area contributed by atoms with Crippen molar-refractivity contribution < 1.29 is 33.0 Å². The van der Waals surface area contributed by atoms with Crippen LogP contribution in [0.25, 0.3) is 0 Å². The van der Waals surface area contributed by atoms with Gasteiger partial charge in [-0.2, -0.15) is 0 Å². The lowest BCUT2D eigenvalue weighted by molar-refractivity contribution is -0.124. The van der Waals surface area contributed by atoms with Crippen LogP contribution < -0.4 is 19.7 Å². The number of hydrogen-bond donors (Lipinski definition) is 1. The van der Waals surface area contributed by atoms with Crippen molar-refractivity contribution in [2.24, 2.45) is 0 Å². The first-order valence-corrected chi connectivity index (χ1v) is 13.3. The van der Waals surface area contributed by atoms with Gasteiger partial charge in [-0.05, 0) is 91.8 Å². The van der Waals surface area contributed by atoms with Crippen LogP contribution in [0.1, 0.15) is 29.3 Å². The lowest BCUT2D eigenvalue weighted by Crippen LogP contribution is -2.39. The van der Waals surface area contributed by atoms with Gasteiger partial charge >= 0.3 is 5.97 Å². The molecule has 3 aromatic rings. The molecule has 4 rings (SSSR count). The maximum Gasteiger partial charge on any atom is 0.338 e. The molecule has 0 saturated carbocycles. The quantitative estimate of drug-likeness (QED) is 0.260. The first kappa shape index (κ1) is 29.5. The Kier molecular flexibility index (Phi) is 9.51. The van der Waals surface area contributed by atoms with Gasteiger partial charge in [-0.1, -0.05) is 6.07 Å². The van der Waals surface area contributed by atoms with E-state index in [1.807, 2.05) is 12.1 Å². The van der Waals surface area contributed by atoms with Gasteiger partial charge in [-0.15, -0.1) is 0 Å². The van der Waals surface area contributed by atoms with E-state index < -0.39 is 23.7 Å². The van der Waals surface area contributed by atoms with Crippen LogP contribution in [0.15, 0.2) is 66.7 Å². The third kappa shape index (κ3) is 6.80. The molecule has 1 heterocycles. The minimum Gasteiger partial charge on any atom is -0.493 e. The van der Waals surface area contributed by atoms with E-state index in [-0.39, 0.29) is 24.0 Å². The van der Waals surface area contributed by atoms with Crippen LogP contribution in [0.4, 0.5) is 15.8 Å². The molecule has 1 fully saturated rings. The van der Waals surface area contributed by atoms with Crippen LogP contribution in [-0.4, -0.2) is 61.2 Å². The SMILES string of the molecule is CCOC(=O)c1ccc(NC(=O)C[C@@H]2C(=O)N(c3ccc(F)cc3)C(=S)N2CCc2ccc(OC)c(OC)c2)cc1. The van der Waals surface area contributed by atoms with E-state index >= 15 is 0 Å². The zero-order chi connectivity index (χ0) is 29.5. The minimum absolute atomic E-state index is 0.178. The second-order valence-corrected chi connectivity index (χ2v) is 9.50. The van der Waals surface area contributed by atoms with Gasteiger partial charge in [0.2, 0.25) is 5.91 Å². The molecule has 0 bridgehead atoms. The lowest BCUT2D eigenvalue weighted by Gasteiger charge is -2.24. The van der Waals surface area contributed by atoms with Crippen LogP contribution in [-0.2, 0) is 20.7 Å². The summed E-state index contributed by atoms with van der Waals surface area (Å²) in [5.41, 5.74) is 2.15. The Bertz CT molecular complexity index is 1430. The maximum absolute atomic E-state index is 13.6. The van der Waals surface area contributed by atoms with Crippen molar-refractivity contribution in [1.29, 1.82) is 0 Å². The molecule has 0 aliphatic carbocycles. The summed E-state index contributed by atoms with van der Waals surface area (Å²) in [6.07, 6.45) is 0.320. The average molecular weight is 580 g/mol. The van der Waals surface area contributed by atoms with Gasteiger partial charge in [-0.3, -0.25) is 14.5 Å². The first-order valence-electron chi connectivity index (χ1n) is 12.9. The Hall–Kier alpha value is -4.51. The summed E-state index contributed by atoms with van der Waals surface area (Å²) in [7, 11) is 3.11. The molecule has 214 valence electrons. The van der Waals surface area contributed by atoms with Crippen molar-refractivity contribution in [3.8, 4) is 11.5 Å². The number of benzene rings is 3. The Morgan fingerprint density at radius 2 is 1.66 bits per heavy atom. The molecule has 0 unspecified atom stereocenters. The summed E-state index contributed by atoms with van der Waals surface area (Å²) < 4.78 is 29.3. The highest BCUT2D eigenvalue weighted by Crippen LogP contribution is 2.30. The van der Waals surface area contributed by atoms with Gasteiger partial charge in [0.1, 0.15) is 11.9 Å². The summed E-state index contributed by atoms with van der Waals surface area (Å²) >= 11 is 5.69. The molecule has 0 radical (unpaired) electrons. The van der Waals surface area contributed by atoms with Gasteiger partial charge in [0.15, 0.2) is 16.6 Å². The topological polar surface area (TPSA) is 97.4 Å². The van der Waals surface area contributed by atoms with Crippen molar-refractivity contribution >= 4 is 46.5 Å². The van der Waals surface area contributed by atoms with Crippen molar-refractivity contribution in [1.82, 2.24) is 4.90 Å². The second-order valence-electron chi connectivity index (χ2n) is 9.13. The fourth-order valence-corrected chi connectivity index (χ4v) is 4.91. The number of thiocarbonyl (C=S) groups is 1. The zero-order valence-corrected chi connectivity index (χ0v) is 23.7. The van der Waals surface area contributed by atoms with Crippen LogP contribution >= 0.6 is 12.2 Å². The summed E-state index contributed by atoms with van der Waals surface area (Å²) in [4.78, 5) is 41.6.